The molecule has 0 N–H and O–H groups in total. The summed E-state index contributed by atoms with van der Waals surface area (Å²) in [5.74, 6) is -0.804. The van der Waals surface area contributed by atoms with E-state index in [1.54, 1.807) is 6.92 Å². The fraction of sp³-hybridized carbons (Fsp3) is 0.333. The highest BCUT2D eigenvalue weighted by Gasteiger charge is 2.17. The Morgan fingerprint density at radius 2 is 2.00 bits per heavy atom. The van der Waals surface area contributed by atoms with E-state index in [0.29, 0.717) is 0 Å². The molecule has 0 saturated heterocycles. The average Bonchev–Trinajstić information content (AvgIpc) is 2.28. The van der Waals surface area contributed by atoms with Crippen molar-refractivity contribution in [2.75, 3.05) is 13.7 Å². The second-order valence-corrected chi connectivity index (χ2v) is 3.71. The van der Waals surface area contributed by atoms with Crippen LogP contribution in [0.5, 0.6) is 11.5 Å². The van der Waals surface area contributed by atoms with Gasteiger partial charge in [-0.3, -0.25) is 4.79 Å². The van der Waals surface area contributed by atoms with E-state index in [4.69, 9.17) is 25.8 Å². The lowest BCUT2D eigenvalue weighted by atomic mass is 10.2. The summed E-state index contributed by atoms with van der Waals surface area (Å²) in [6.07, 6.45) is 0. The molecule has 0 aromatic heterocycles. The molecule has 0 aliphatic carbocycles. The van der Waals surface area contributed by atoms with E-state index in [-0.39, 0.29) is 28.7 Å². The number of halogens is 1. The molecule has 0 unspecified atom stereocenters. The summed E-state index contributed by atoms with van der Waals surface area (Å²) >= 11 is 5.94. The van der Waals surface area contributed by atoms with Gasteiger partial charge < -0.3 is 14.2 Å². The maximum Gasteiger partial charge on any atom is 0.338 e. The summed E-state index contributed by atoms with van der Waals surface area (Å²) < 4.78 is 14.8. The van der Waals surface area contributed by atoms with Crippen molar-refractivity contribution in [1.29, 1.82) is 0 Å². The summed E-state index contributed by atoms with van der Waals surface area (Å²) in [6, 6.07) is 2.75. The van der Waals surface area contributed by atoms with Gasteiger partial charge in [0, 0.05) is 6.92 Å². The van der Waals surface area contributed by atoms with Crippen molar-refractivity contribution < 1.29 is 23.8 Å². The second kappa shape index (κ2) is 6.26. The van der Waals surface area contributed by atoms with Gasteiger partial charge in [0.2, 0.25) is 0 Å². The third kappa shape index (κ3) is 3.37. The third-order valence-electron chi connectivity index (χ3n) is 1.98. The monoisotopic (exact) mass is 272 g/mol. The molecule has 0 fully saturated rings. The highest BCUT2D eigenvalue weighted by Crippen LogP contribution is 2.36. The average molecular weight is 273 g/mol. The molecule has 0 bridgehead atoms. The second-order valence-electron chi connectivity index (χ2n) is 3.30. The molecule has 5 nitrogen and oxygen atoms in total. The minimum absolute atomic E-state index is 0.0838. The van der Waals surface area contributed by atoms with E-state index < -0.39 is 11.9 Å². The Labute approximate surface area is 110 Å². The number of esters is 2. The molecule has 0 atom stereocenters. The molecular weight excluding hydrogens is 260 g/mol. The molecule has 1 rings (SSSR count). The van der Waals surface area contributed by atoms with Crippen molar-refractivity contribution in [3.8, 4) is 11.5 Å². The van der Waals surface area contributed by atoms with Gasteiger partial charge >= 0.3 is 11.9 Å². The van der Waals surface area contributed by atoms with Crippen molar-refractivity contribution in [3.05, 3.63) is 22.7 Å². The Bertz CT molecular complexity index is 470. The van der Waals surface area contributed by atoms with E-state index in [1.165, 1.54) is 26.2 Å². The van der Waals surface area contributed by atoms with Crippen molar-refractivity contribution in [3.63, 3.8) is 0 Å². The number of hydrogen-bond acceptors (Lipinski definition) is 5. The van der Waals surface area contributed by atoms with Gasteiger partial charge in [0.15, 0.2) is 11.5 Å². The predicted molar refractivity (Wildman–Crippen MR) is 65.3 cm³/mol. The lowest BCUT2D eigenvalue weighted by Crippen LogP contribution is -2.08. The Morgan fingerprint density at radius 3 is 2.50 bits per heavy atom. The normalized spacial score (nSPS) is 9.78. The summed E-state index contributed by atoms with van der Waals surface area (Å²) in [7, 11) is 1.39. The Morgan fingerprint density at radius 1 is 1.33 bits per heavy atom. The van der Waals surface area contributed by atoms with Gasteiger partial charge in [-0.25, -0.2) is 4.79 Å². The number of rotatable bonds is 4. The minimum Gasteiger partial charge on any atom is -0.491 e. The van der Waals surface area contributed by atoms with Crippen LogP contribution in [0.15, 0.2) is 12.1 Å². The van der Waals surface area contributed by atoms with E-state index in [9.17, 15) is 9.59 Å². The molecule has 0 aliphatic rings. The largest absolute Gasteiger partial charge is 0.491 e. The van der Waals surface area contributed by atoms with Crippen molar-refractivity contribution in [2.45, 2.75) is 13.8 Å². The molecular formula is C12H13ClO5. The molecule has 1 aromatic rings. The van der Waals surface area contributed by atoms with E-state index in [0.717, 1.165) is 0 Å². The molecule has 0 heterocycles. The fourth-order valence-corrected chi connectivity index (χ4v) is 1.62. The van der Waals surface area contributed by atoms with Crippen LogP contribution >= 0.6 is 11.6 Å². The highest BCUT2D eigenvalue weighted by atomic mass is 35.5. The van der Waals surface area contributed by atoms with Crippen LogP contribution in [0.4, 0.5) is 0 Å². The van der Waals surface area contributed by atoms with Crippen LogP contribution in [-0.2, 0) is 9.53 Å². The molecule has 1 aromatic carbocycles. The summed E-state index contributed by atoms with van der Waals surface area (Å²) in [4.78, 5) is 22.5. The van der Waals surface area contributed by atoms with Crippen LogP contribution in [0.3, 0.4) is 0 Å². The van der Waals surface area contributed by atoms with Crippen LogP contribution in [0.2, 0.25) is 5.02 Å². The summed E-state index contributed by atoms with van der Waals surface area (Å²) in [5.41, 5.74) is 0.193. The summed E-state index contributed by atoms with van der Waals surface area (Å²) in [6.45, 7) is 3.17. The molecule has 0 radical (unpaired) electrons. The minimum atomic E-state index is -0.546. The Hall–Kier alpha value is -1.75. The first-order valence-electron chi connectivity index (χ1n) is 5.22. The van der Waals surface area contributed by atoms with Crippen molar-refractivity contribution in [1.82, 2.24) is 0 Å². The maximum absolute atomic E-state index is 11.6. The molecule has 0 spiro atoms. The number of benzene rings is 1. The van der Waals surface area contributed by atoms with Gasteiger partial charge in [0.1, 0.15) is 0 Å². The van der Waals surface area contributed by atoms with Gasteiger partial charge in [-0.15, -0.1) is 0 Å². The van der Waals surface area contributed by atoms with E-state index >= 15 is 0 Å². The highest BCUT2D eigenvalue weighted by molar-refractivity contribution is 6.32. The van der Waals surface area contributed by atoms with E-state index in [1.807, 2.05) is 0 Å². The molecule has 98 valence electrons. The van der Waals surface area contributed by atoms with Crippen LogP contribution in [-0.4, -0.2) is 25.7 Å². The van der Waals surface area contributed by atoms with Crippen LogP contribution in [0, 0.1) is 0 Å². The fourth-order valence-electron chi connectivity index (χ4n) is 1.33. The van der Waals surface area contributed by atoms with Crippen LogP contribution in [0.25, 0.3) is 0 Å². The van der Waals surface area contributed by atoms with E-state index in [2.05, 4.69) is 0 Å². The predicted octanol–water partition coefficient (Wildman–Crippen LogP) is 2.45. The first-order chi connectivity index (χ1) is 8.49. The zero-order valence-corrected chi connectivity index (χ0v) is 11.0. The smallest absolute Gasteiger partial charge is 0.338 e. The van der Waals surface area contributed by atoms with Crippen LogP contribution < -0.4 is 9.47 Å². The lowest BCUT2D eigenvalue weighted by molar-refractivity contribution is -0.132. The van der Waals surface area contributed by atoms with Gasteiger partial charge in [0.05, 0.1) is 24.3 Å². The SMILES string of the molecule is CCOC(=O)c1cc(Cl)c(OC)c(OC(C)=O)c1. The number of ether oxygens (including phenoxy) is 3. The number of carbonyl (C=O) groups excluding carboxylic acids is 2. The topological polar surface area (TPSA) is 61.8 Å². The number of hydrogen-bond donors (Lipinski definition) is 0. The summed E-state index contributed by atoms with van der Waals surface area (Å²) in [5, 5.41) is 0.166. The zero-order chi connectivity index (χ0) is 13.7. The maximum atomic E-state index is 11.6. The first-order valence-corrected chi connectivity index (χ1v) is 5.60. The zero-order valence-electron chi connectivity index (χ0n) is 10.3. The standard InChI is InChI=1S/C12H13ClO5/c1-4-17-12(15)8-5-9(13)11(16-3)10(6-8)18-7(2)14/h5-6H,4H2,1-3H3. The lowest BCUT2D eigenvalue weighted by Gasteiger charge is -2.11. The van der Waals surface area contributed by atoms with Crippen LogP contribution in [0.1, 0.15) is 24.2 Å². The Balaban J connectivity index is 3.20. The molecule has 6 heteroatoms. The Kier molecular flexibility index (Phi) is 4.97. The molecule has 0 aliphatic heterocycles. The van der Waals surface area contributed by atoms with Gasteiger partial charge in [-0.2, -0.15) is 0 Å². The quantitative estimate of drug-likeness (QED) is 0.622. The third-order valence-corrected chi connectivity index (χ3v) is 2.26. The van der Waals surface area contributed by atoms with Gasteiger partial charge in [-0.05, 0) is 19.1 Å². The first kappa shape index (κ1) is 14.3. The number of methoxy groups -OCH3 is 1. The van der Waals surface area contributed by atoms with Crippen molar-refractivity contribution >= 4 is 23.5 Å². The molecule has 0 saturated carbocycles. The van der Waals surface area contributed by atoms with Crippen molar-refractivity contribution in [2.24, 2.45) is 0 Å². The number of carbonyl (C=O) groups is 2. The molecule has 18 heavy (non-hydrogen) atoms. The van der Waals surface area contributed by atoms with Gasteiger partial charge in [0.25, 0.3) is 0 Å². The van der Waals surface area contributed by atoms with Gasteiger partial charge in [-0.1, -0.05) is 11.6 Å². The molecule has 0 amide bonds.